The number of rotatable bonds is 5. The number of aromatic nitrogens is 1. The maximum Gasteiger partial charge on any atom is 0.0538 e. The van der Waals surface area contributed by atoms with E-state index in [0.717, 1.165) is 49.3 Å². The predicted octanol–water partition coefficient (Wildman–Crippen LogP) is 2.79. The Morgan fingerprint density at radius 1 is 1.50 bits per heavy atom. The Balaban J connectivity index is 2.06. The molecule has 1 atom stereocenters. The van der Waals surface area contributed by atoms with Gasteiger partial charge in [-0.15, -0.1) is 0 Å². The van der Waals surface area contributed by atoms with E-state index in [0.29, 0.717) is 0 Å². The van der Waals surface area contributed by atoms with Gasteiger partial charge < -0.3 is 10.1 Å². The van der Waals surface area contributed by atoms with Crippen LogP contribution in [-0.2, 0) is 11.2 Å². The van der Waals surface area contributed by atoms with Crippen molar-refractivity contribution in [1.29, 1.82) is 0 Å². The molecule has 4 heteroatoms. The Morgan fingerprint density at radius 2 is 2.39 bits per heavy atom. The summed E-state index contributed by atoms with van der Waals surface area (Å²) in [6.45, 7) is 5.92. The number of hydrogen-bond donors (Lipinski definition) is 1. The van der Waals surface area contributed by atoms with Crippen LogP contribution in [-0.4, -0.2) is 31.3 Å². The van der Waals surface area contributed by atoms with Gasteiger partial charge in [0.2, 0.25) is 0 Å². The fourth-order valence-electron chi connectivity index (χ4n) is 2.54. The third-order valence-corrected chi connectivity index (χ3v) is 3.97. The largest absolute Gasteiger partial charge is 0.381 e. The maximum atomic E-state index is 5.70. The summed E-state index contributed by atoms with van der Waals surface area (Å²) in [5.41, 5.74) is 1.37. The average molecular weight is 313 g/mol. The average Bonchev–Trinajstić information content (AvgIpc) is 2.40. The minimum absolute atomic E-state index is 0.217. The summed E-state index contributed by atoms with van der Waals surface area (Å²) in [5.74, 6) is 0. The van der Waals surface area contributed by atoms with Crippen molar-refractivity contribution in [2.75, 3.05) is 26.3 Å². The van der Waals surface area contributed by atoms with E-state index in [1.807, 2.05) is 6.20 Å². The molecule has 1 N–H and O–H groups in total. The zero-order chi connectivity index (χ0) is 12.8. The minimum atomic E-state index is 0.217. The van der Waals surface area contributed by atoms with Crippen molar-refractivity contribution >= 4 is 15.9 Å². The van der Waals surface area contributed by atoms with E-state index in [4.69, 9.17) is 4.74 Å². The molecule has 0 radical (unpaired) electrons. The van der Waals surface area contributed by atoms with Crippen LogP contribution in [0.4, 0.5) is 0 Å². The lowest BCUT2D eigenvalue weighted by Gasteiger charge is -2.37. The number of nitrogens with one attached hydrogen (secondary N) is 1. The Labute approximate surface area is 117 Å². The maximum absolute atomic E-state index is 5.70. The second kappa shape index (κ2) is 6.64. The molecule has 0 aromatic carbocycles. The normalized spacial score (nSPS) is 24.1. The van der Waals surface area contributed by atoms with Gasteiger partial charge in [-0.2, -0.15) is 0 Å². The number of nitrogens with zero attached hydrogens (tertiary/aromatic N) is 1. The van der Waals surface area contributed by atoms with Crippen LogP contribution in [0, 0.1) is 5.41 Å². The van der Waals surface area contributed by atoms with Crippen molar-refractivity contribution in [3.8, 4) is 0 Å². The SMILES string of the molecule is CCNCC1(Cc2ccc(Br)cn2)CCCOC1. The molecule has 1 fully saturated rings. The van der Waals surface area contributed by atoms with E-state index in [1.165, 1.54) is 6.42 Å². The van der Waals surface area contributed by atoms with E-state index in [1.54, 1.807) is 0 Å². The van der Waals surface area contributed by atoms with Crippen LogP contribution in [0.1, 0.15) is 25.5 Å². The number of pyridine rings is 1. The molecule has 0 saturated carbocycles. The summed E-state index contributed by atoms with van der Waals surface area (Å²) < 4.78 is 6.74. The number of halogens is 1. The summed E-state index contributed by atoms with van der Waals surface area (Å²) in [6, 6.07) is 4.17. The van der Waals surface area contributed by atoms with Gasteiger partial charge in [0.15, 0.2) is 0 Å². The van der Waals surface area contributed by atoms with E-state index >= 15 is 0 Å². The summed E-state index contributed by atoms with van der Waals surface area (Å²) in [6.07, 6.45) is 5.24. The summed E-state index contributed by atoms with van der Waals surface area (Å²) in [4.78, 5) is 4.50. The van der Waals surface area contributed by atoms with Crippen LogP contribution in [0.25, 0.3) is 0 Å². The topological polar surface area (TPSA) is 34.2 Å². The van der Waals surface area contributed by atoms with Gasteiger partial charge in [0.1, 0.15) is 0 Å². The first-order valence-corrected chi connectivity index (χ1v) is 7.42. The third kappa shape index (κ3) is 3.77. The second-order valence-electron chi connectivity index (χ2n) is 5.08. The molecule has 3 nitrogen and oxygen atoms in total. The summed E-state index contributed by atoms with van der Waals surface area (Å²) in [7, 11) is 0. The lowest BCUT2D eigenvalue weighted by molar-refractivity contribution is -0.00739. The van der Waals surface area contributed by atoms with Gasteiger partial charge in [0.25, 0.3) is 0 Å². The van der Waals surface area contributed by atoms with Crippen LogP contribution in [0.15, 0.2) is 22.8 Å². The Hall–Kier alpha value is -0.450. The molecule has 0 amide bonds. The van der Waals surface area contributed by atoms with Gasteiger partial charge in [-0.05, 0) is 53.9 Å². The van der Waals surface area contributed by atoms with Gasteiger partial charge >= 0.3 is 0 Å². The predicted molar refractivity (Wildman–Crippen MR) is 76.7 cm³/mol. The standard InChI is InChI=1S/C14H21BrN2O/c1-2-16-10-14(6-3-7-18-11-14)8-13-5-4-12(15)9-17-13/h4-5,9,16H,2-3,6-8,10-11H2,1H3. The molecule has 0 spiro atoms. The first-order chi connectivity index (χ1) is 8.74. The lowest BCUT2D eigenvalue weighted by atomic mass is 9.78. The van der Waals surface area contributed by atoms with Crippen LogP contribution >= 0.6 is 15.9 Å². The van der Waals surface area contributed by atoms with Crippen LogP contribution in [0.3, 0.4) is 0 Å². The van der Waals surface area contributed by atoms with Gasteiger partial charge in [-0.25, -0.2) is 0 Å². The van der Waals surface area contributed by atoms with Gasteiger partial charge in [0, 0.05) is 34.9 Å². The first kappa shape index (κ1) is 14.0. The minimum Gasteiger partial charge on any atom is -0.381 e. The van der Waals surface area contributed by atoms with Crippen molar-refractivity contribution in [3.05, 3.63) is 28.5 Å². The second-order valence-corrected chi connectivity index (χ2v) is 6.00. The summed E-state index contributed by atoms with van der Waals surface area (Å²) in [5, 5.41) is 3.47. The van der Waals surface area contributed by atoms with Crippen LogP contribution in [0.5, 0.6) is 0 Å². The van der Waals surface area contributed by atoms with E-state index in [-0.39, 0.29) is 5.41 Å². The number of hydrogen-bond acceptors (Lipinski definition) is 3. The molecule has 0 aliphatic carbocycles. The molecule has 1 aromatic heterocycles. The van der Waals surface area contributed by atoms with Crippen molar-refractivity contribution in [2.45, 2.75) is 26.2 Å². The fourth-order valence-corrected chi connectivity index (χ4v) is 2.77. The lowest BCUT2D eigenvalue weighted by Crippen LogP contribution is -2.42. The van der Waals surface area contributed by atoms with E-state index < -0.39 is 0 Å². The van der Waals surface area contributed by atoms with Crippen molar-refractivity contribution < 1.29 is 4.74 Å². The fraction of sp³-hybridized carbons (Fsp3) is 0.643. The molecule has 18 heavy (non-hydrogen) atoms. The highest BCUT2D eigenvalue weighted by Crippen LogP contribution is 2.31. The van der Waals surface area contributed by atoms with Gasteiger partial charge in [-0.1, -0.05) is 6.92 Å². The monoisotopic (exact) mass is 312 g/mol. The molecule has 1 saturated heterocycles. The number of ether oxygens (including phenoxy) is 1. The highest BCUT2D eigenvalue weighted by molar-refractivity contribution is 9.10. The van der Waals surface area contributed by atoms with Crippen LogP contribution in [0.2, 0.25) is 0 Å². The van der Waals surface area contributed by atoms with Crippen LogP contribution < -0.4 is 5.32 Å². The quantitative estimate of drug-likeness (QED) is 0.908. The molecule has 2 heterocycles. The van der Waals surface area contributed by atoms with Crippen molar-refractivity contribution in [3.63, 3.8) is 0 Å². The first-order valence-electron chi connectivity index (χ1n) is 6.63. The van der Waals surface area contributed by atoms with Crippen molar-refractivity contribution in [1.82, 2.24) is 10.3 Å². The van der Waals surface area contributed by atoms with Gasteiger partial charge in [0.05, 0.1) is 6.61 Å². The molecule has 0 bridgehead atoms. The van der Waals surface area contributed by atoms with E-state index in [9.17, 15) is 0 Å². The molecular weight excluding hydrogens is 292 g/mol. The molecule has 1 unspecified atom stereocenters. The zero-order valence-corrected chi connectivity index (χ0v) is 12.5. The zero-order valence-electron chi connectivity index (χ0n) is 10.9. The van der Waals surface area contributed by atoms with Crippen molar-refractivity contribution in [2.24, 2.45) is 5.41 Å². The summed E-state index contributed by atoms with van der Waals surface area (Å²) >= 11 is 3.43. The van der Waals surface area contributed by atoms with Gasteiger partial charge in [-0.3, -0.25) is 4.98 Å². The highest BCUT2D eigenvalue weighted by atomic mass is 79.9. The smallest absolute Gasteiger partial charge is 0.0538 e. The highest BCUT2D eigenvalue weighted by Gasteiger charge is 2.33. The molecule has 1 aliphatic rings. The van der Waals surface area contributed by atoms with E-state index in [2.05, 4.69) is 45.3 Å². The molecule has 1 aliphatic heterocycles. The third-order valence-electron chi connectivity index (χ3n) is 3.50. The Bertz CT molecular complexity index is 361. The Kier molecular flexibility index (Phi) is 5.15. The molecular formula is C14H21BrN2O. The molecule has 2 rings (SSSR count). The molecule has 1 aromatic rings. The Morgan fingerprint density at radius 3 is 3.00 bits per heavy atom. The molecule has 100 valence electrons.